The Bertz CT molecular complexity index is 870. The summed E-state index contributed by atoms with van der Waals surface area (Å²) in [6.45, 7) is 0. The lowest BCUT2D eigenvalue weighted by Gasteiger charge is -2.32. The number of nitrogens with one attached hydrogen (secondary N) is 1. The monoisotopic (exact) mass is 485 g/mol. The molecular weight excluding hydrogens is 477 g/mol. The summed E-state index contributed by atoms with van der Waals surface area (Å²) >= 11 is 21.0. The first-order valence-corrected chi connectivity index (χ1v) is 9.26. The highest BCUT2D eigenvalue weighted by atomic mass is 79.9. The zero-order chi connectivity index (χ0) is 19.3. The molecule has 138 valence electrons. The molecule has 1 fully saturated rings. The molecule has 9 heteroatoms. The van der Waals surface area contributed by atoms with Gasteiger partial charge < -0.3 is 5.32 Å². The minimum atomic E-state index is -4.75. The molecule has 1 N–H and O–H groups in total. The predicted octanol–water partition coefficient (Wildman–Crippen LogP) is 6.47. The van der Waals surface area contributed by atoms with Crippen LogP contribution in [0.5, 0.6) is 0 Å². The molecule has 0 radical (unpaired) electrons. The maximum atomic E-state index is 14.0. The topological polar surface area (TPSA) is 29.1 Å². The summed E-state index contributed by atoms with van der Waals surface area (Å²) in [6.07, 6.45) is -5.27. The summed E-state index contributed by atoms with van der Waals surface area (Å²) in [5.41, 5.74) is -2.39. The van der Waals surface area contributed by atoms with E-state index in [1.807, 2.05) is 0 Å². The number of hydrogen-bond donors (Lipinski definition) is 1. The highest BCUT2D eigenvalue weighted by Gasteiger charge is 2.62. The lowest BCUT2D eigenvalue weighted by molar-refractivity contribution is -0.197. The maximum absolute atomic E-state index is 14.0. The van der Waals surface area contributed by atoms with Crippen molar-refractivity contribution in [3.05, 3.63) is 67.1 Å². The fourth-order valence-electron chi connectivity index (χ4n) is 3.09. The van der Waals surface area contributed by atoms with Crippen molar-refractivity contribution in [1.82, 2.24) is 5.32 Å². The Kier molecular flexibility index (Phi) is 5.25. The second-order valence-corrected chi connectivity index (χ2v) is 8.12. The summed E-state index contributed by atoms with van der Waals surface area (Å²) in [4.78, 5) is 12.4. The van der Waals surface area contributed by atoms with Crippen molar-refractivity contribution >= 4 is 56.6 Å². The zero-order valence-electron chi connectivity index (χ0n) is 12.8. The van der Waals surface area contributed by atoms with Gasteiger partial charge in [-0.1, -0.05) is 40.9 Å². The SMILES string of the molecule is O=C1NC(c2cc(Cl)cc(Cl)c2)(C(F)(F)F)CC1c1ccc(Br)c(Cl)c1. The number of hydrogen-bond acceptors (Lipinski definition) is 1. The molecule has 2 atom stereocenters. The number of amides is 1. The average molecular weight is 488 g/mol. The summed E-state index contributed by atoms with van der Waals surface area (Å²) in [5.74, 6) is -1.75. The minimum Gasteiger partial charge on any atom is -0.338 e. The van der Waals surface area contributed by atoms with Gasteiger partial charge in [0.1, 0.15) is 0 Å². The lowest BCUT2D eigenvalue weighted by atomic mass is 9.83. The molecule has 0 saturated carbocycles. The van der Waals surface area contributed by atoms with Gasteiger partial charge in [-0.05, 0) is 63.8 Å². The van der Waals surface area contributed by atoms with E-state index in [9.17, 15) is 18.0 Å². The van der Waals surface area contributed by atoms with Crippen molar-refractivity contribution in [3.8, 4) is 0 Å². The molecule has 0 aromatic heterocycles. The van der Waals surface area contributed by atoms with E-state index in [2.05, 4.69) is 21.2 Å². The number of benzene rings is 2. The number of alkyl halides is 3. The van der Waals surface area contributed by atoms with Gasteiger partial charge in [0.2, 0.25) is 5.91 Å². The van der Waals surface area contributed by atoms with Crippen LogP contribution in [0.15, 0.2) is 40.9 Å². The molecular formula is C17H10BrCl3F3NO. The summed E-state index contributed by atoms with van der Waals surface area (Å²) in [6, 6.07) is 8.30. The third kappa shape index (κ3) is 3.44. The van der Waals surface area contributed by atoms with E-state index >= 15 is 0 Å². The largest absolute Gasteiger partial charge is 0.415 e. The Morgan fingerprint density at radius 2 is 1.69 bits per heavy atom. The third-order valence-corrected chi connectivity index (χ3v) is 6.02. The molecule has 0 aliphatic carbocycles. The van der Waals surface area contributed by atoms with Crippen LogP contribution in [0, 0.1) is 0 Å². The van der Waals surface area contributed by atoms with Crippen molar-refractivity contribution in [2.24, 2.45) is 0 Å². The van der Waals surface area contributed by atoms with Crippen molar-refractivity contribution in [2.75, 3.05) is 0 Å². The molecule has 1 aliphatic rings. The van der Waals surface area contributed by atoms with E-state index in [1.54, 1.807) is 12.1 Å². The second kappa shape index (κ2) is 6.89. The van der Waals surface area contributed by atoms with Crippen LogP contribution in [0.25, 0.3) is 0 Å². The van der Waals surface area contributed by atoms with E-state index in [0.717, 1.165) is 12.1 Å². The van der Waals surface area contributed by atoms with Gasteiger partial charge in [0.15, 0.2) is 5.54 Å². The molecule has 2 unspecified atom stereocenters. The molecule has 3 rings (SSSR count). The Labute approximate surface area is 170 Å². The molecule has 1 amide bonds. The average Bonchev–Trinajstić information content (AvgIpc) is 2.88. The smallest absolute Gasteiger partial charge is 0.338 e. The molecule has 2 aromatic rings. The minimum absolute atomic E-state index is 0.0560. The summed E-state index contributed by atoms with van der Waals surface area (Å²) in [5, 5.41) is 2.55. The number of rotatable bonds is 2. The van der Waals surface area contributed by atoms with E-state index in [1.165, 1.54) is 12.1 Å². The van der Waals surface area contributed by atoms with Crippen LogP contribution < -0.4 is 5.32 Å². The van der Waals surface area contributed by atoms with E-state index in [0.29, 0.717) is 15.1 Å². The lowest BCUT2D eigenvalue weighted by Crippen LogP contribution is -2.51. The van der Waals surface area contributed by atoms with Gasteiger partial charge in [0.25, 0.3) is 0 Å². The Morgan fingerprint density at radius 1 is 1.08 bits per heavy atom. The van der Waals surface area contributed by atoms with Crippen molar-refractivity contribution in [3.63, 3.8) is 0 Å². The molecule has 26 heavy (non-hydrogen) atoms. The summed E-state index contributed by atoms with van der Waals surface area (Å²) in [7, 11) is 0. The quantitative estimate of drug-likeness (QED) is 0.517. The first kappa shape index (κ1) is 19.8. The van der Waals surface area contributed by atoms with Crippen LogP contribution in [-0.2, 0) is 10.3 Å². The van der Waals surface area contributed by atoms with Gasteiger partial charge in [0.05, 0.1) is 10.9 Å². The van der Waals surface area contributed by atoms with Crippen LogP contribution in [0.3, 0.4) is 0 Å². The van der Waals surface area contributed by atoms with Crippen molar-refractivity contribution < 1.29 is 18.0 Å². The normalized spacial score (nSPS) is 23.2. The van der Waals surface area contributed by atoms with Crippen LogP contribution in [0.2, 0.25) is 15.1 Å². The van der Waals surface area contributed by atoms with E-state index < -0.39 is 30.0 Å². The first-order valence-electron chi connectivity index (χ1n) is 7.34. The second-order valence-electron chi connectivity index (χ2n) is 5.98. The van der Waals surface area contributed by atoms with Gasteiger partial charge in [-0.3, -0.25) is 4.79 Å². The molecule has 1 heterocycles. The maximum Gasteiger partial charge on any atom is 0.415 e. The molecule has 1 saturated heterocycles. The van der Waals surface area contributed by atoms with Gasteiger partial charge in [0, 0.05) is 14.5 Å². The Morgan fingerprint density at radius 3 is 2.23 bits per heavy atom. The number of carbonyl (C=O) groups is 1. The van der Waals surface area contributed by atoms with Crippen LogP contribution >= 0.6 is 50.7 Å². The Hall–Kier alpha value is -0.950. The number of carbonyl (C=O) groups excluding carboxylic acids is 1. The standard InChI is InChI=1S/C17H10BrCl3F3NO/c18-13-2-1-8(3-14(13)21)12-7-16(17(22,23)24,25-15(12)26)9-4-10(19)6-11(20)5-9/h1-6,12H,7H2,(H,25,26). The predicted molar refractivity (Wildman–Crippen MR) is 98.8 cm³/mol. The van der Waals surface area contributed by atoms with Crippen molar-refractivity contribution in [1.29, 1.82) is 0 Å². The fourth-order valence-corrected chi connectivity index (χ4v) is 4.05. The highest BCUT2D eigenvalue weighted by Crippen LogP contribution is 2.50. The van der Waals surface area contributed by atoms with Crippen LogP contribution in [0.4, 0.5) is 13.2 Å². The van der Waals surface area contributed by atoms with Gasteiger partial charge in [-0.2, -0.15) is 13.2 Å². The van der Waals surface area contributed by atoms with E-state index in [-0.39, 0.29) is 15.6 Å². The van der Waals surface area contributed by atoms with Gasteiger partial charge in [-0.25, -0.2) is 0 Å². The van der Waals surface area contributed by atoms with E-state index in [4.69, 9.17) is 34.8 Å². The van der Waals surface area contributed by atoms with Gasteiger partial charge >= 0.3 is 6.18 Å². The van der Waals surface area contributed by atoms with Crippen molar-refractivity contribution in [2.45, 2.75) is 24.1 Å². The van der Waals surface area contributed by atoms with Crippen LogP contribution in [-0.4, -0.2) is 12.1 Å². The molecule has 0 spiro atoms. The van der Waals surface area contributed by atoms with Crippen LogP contribution in [0.1, 0.15) is 23.5 Å². The first-order chi connectivity index (χ1) is 12.0. The molecule has 1 aliphatic heterocycles. The number of halogens is 7. The third-order valence-electron chi connectivity index (χ3n) is 4.35. The zero-order valence-corrected chi connectivity index (χ0v) is 16.7. The highest BCUT2D eigenvalue weighted by molar-refractivity contribution is 9.10. The van der Waals surface area contributed by atoms with Gasteiger partial charge in [-0.15, -0.1) is 0 Å². The fraction of sp³-hybridized carbons (Fsp3) is 0.235. The molecule has 0 bridgehead atoms. The summed E-state index contributed by atoms with van der Waals surface area (Å²) < 4.78 is 42.7. The Balaban J connectivity index is 2.10. The molecule has 2 nitrogen and oxygen atoms in total. The molecule has 2 aromatic carbocycles.